The second-order valence-corrected chi connectivity index (χ2v) is 6.27. The van der Waals surface area contributed by atoms with E-state index >= 15 is 0 Å². The molecule has 1 rings (SSSR count). The van der Waals surface area contributed by atoms with Crippen molar-refractivity contribution in [3.8, 4) is 0 Å². The standard InChI is InChI=1S/C17H24O3/c1-5-12(2)13-6-8-14(9-7-13)15(18)10-17(3,4)11-16(19)20/h6-9,12H,5,10-11H2,1-4H3,(H,19,20). The van der Waals surface area contributed by atoms with Gasteiger partial charge < -0.3 is 5.11 Å². The van der Waals surface area contributed by atoms with Gasteiger partial charge in [-0.1, -0.05) is 52.0 Å². The predicted octanol–water partition coefficient (Wildman–Crippen LogP) is 4.27. The molecule has 0 amide bonds. The molecule has 0 saturated carbocycles. The van der Waals surface area contributed by atoms with Crippen molar-refractivity contribution in [2.24, 2.45) is 5.41 Å². The molecule has 1 aromatic rings. The SMILES string of the molecule is CCC(C)c1ccc(C(=O)CC(C)(C)CC(=O)O)cc1. The van der Waals surface area contributed by atoms with Crippen LogP contribution in [0.1, 0.15) is 68.8 Å². The molecule has 0 saturated heterocycles. The lowest BCUT2D eigenvalue weighted by atomic mass is 9.82. The Hall–Kier alpha value is -1.64. The highest BCUT2D eigenvalue weighted by Crippen LogP contribution is 2.27. The summed E-state index contributed by atoms with van der Waals surface area (Å²) in [5.41, 5.74) is 1.38. The maximum Gasteiger partial charge on any atom is 0.303 e. The van der Waals surface area contributed by atoms with E-state index in [2.05, 4.69) is 13.8 Å². The van der Waals surface area contributed by atoms with Gasteiger partial charge in [-0.2, -0.15) is 0 Å². The summed E-state index contributed by atoms with van der Waals surface area (Å²) in [6.45, 7) is 7.92. The number of carbonyl (C=O) groups excluding carboxylic acids is 1. The highest BCUT2D eigenvalue weighted by Gasteiger charge is 2.25. The molecule has 1 unspecified atom stereocenters. The molecule has 0 aliphatic carbocycles. The Kier molecular flexibility index (Phi) is 5.49. The van der Waals surface area contributed by atoms with Crippen LogP contribution in [0, 0.1) is 5.41 Å². The maximum absolute atomic E-state index is 12.2. The molecule has 0 bridgehead atoms. The van der Waals surface area contributed by atoms with Crippen molar-refractivity contribution in [3.63, 3.8) is 0 Å². The minimum absolute atomic E-state index is 0.00366. The second kappa shape index (κ2) is 6.69. The molecule has 0 aliphatic heterocycles. The van der Waals surface area contributed by atoms with E-state index in [0.717, 1.165) is 6.42 Å². The third kappa shape index (κ3) is 4.80. The third-order valence-corrected chi connectivity index (χ3v) is 3.68. The monoisotopic (exact) mass is 276 g/mol. The van der Waals surface area contributed by atoms with E-state index in [1.54, 1.807) is 0 Å². The van der Waals surface area contributed by atoms with E-state index in [1.165, 1.54) is 5.56 Å². The molecule has 0 spiro atoms. The summed E-state index contributed by atoms with van der Waals surface area (Å²) in [4.78, 5) is 23.0. The molecular formula is C17H24O3. The van der Waals surface area contributed by atoms with Crippen molar-refractivity contribution < 1.29 is 14.7 Å². The lowest BCUT2D eigenvalue weighted by Crippen LogP contribution is -2.21. The van der Waals surface area contributed by atoms with Crippen LogP contribution in [-0.4, -0.2) is 16.9 Å². The summed E-state index contributed by atoms with van der Waals surface area (Å²) in [6, 6.07) is 7.68. The van der Waals surface area contributed by atoms with Crippen LogP contribution in [0.2, 0.25) is 0 Å². The molecule has 20 heavy (non-hydrogen) atoms. The number of carboxylic acids is 1. The molecule has 0 radical (unpaired) electrons. The van der Waals surface area contributed by atoms with Gasteiger partial charge in [-0.05, 0) is 23.3 Å². The van der Waals surface area contributed by atoms with Gasteiger partial charge in [0.25, 0.3) is 0 Å². The van der Waals surface area contributed by atoms with Gasteiger partial charge in [-0.15, -0.1) is 0 Å². The van der Waals surface area contributed by atoms with Gasteiger partial charge >= 0.3 is 5.97 Å². The molecule has 1 aromatic carbocycles. The second-order valence-electron chi connectivity index (χ2n) is 6.27. The first-order valence-corrected chi connectivity index (χ1v) is 7.10. The molecule has 0 heterocycles. The number of hydrogen-bond donors (Lipinski definition) is 1. The van der Waals surface area contributed by atoms with Gasteiger partial charge in [0.2, 0.25) is 0 Å². The topological polar surface area (TPSA) is 54.4 Å². The predicted molar refractivity (Wildman–Crippen MR) is 80.1 cm³/mol. The number of hydrogen-bond acceptors (Lipinski definition) is 2. The minimum Gasteiger partial charge on any atom is -0.481 e. The fourth-order valence-electron chi connectivity index (χ4n) is 2.24. The van der Waals surface area contributed by atoms with Crippen molar-refractivity contribution in [2.45, 2.75) is 52.9 Å². The van der Waals surface area contributed by atoms with Crippen molar-refractivity contribution in [1.82, 2.24) is 0 Å². The summed E-state index contributed by atoms with van der Waals surface area (Å²) >= 11 is 0. The Morgan fingerprint density at radius 3 is 2.15 bits per heavy atom. The van der Waals surface area contributed by atoms with Crippen LogP contribution in [0.5, 0.6) is 0 Å². The number of carbonyl (C=O) groups is 2. The summed E-state index contributed by atoms with van der Waals surface area (Å²) in [6.07, 6.45) is 1.32. The molecule has 3 nitrogen and oxygen atoms in total. The molecule has 1 atom stereocenters. The zero-order chi connectivity index (χ0) is 15.3. The van der Waals surface area contributed by atoms with Crippen LogP contribution in [-0.2, 0) is 4.79 Å². The van der Waals surface area contributed by atoms with Gasteiger partial charge in [-0.25, -0.2) is 0 Å². The average molecular weight is 276 g/mol. The minimum atomic E-state index is -0.866. The van der Waals surface area contributed by atoms with E-state index in [9.17, 15) is 9.59 Å². The van der Waals surface area contributed by atoms with Crippen molar-refractivity contribution >= 4 is 11.8 Å². The lowest BCUT2D eigenvalue weighted by molar-refractivity contribution is -0.139. The Morgan fingerprint density at radius 1 is 1.15 bits per heavy atom. The number of benzene rings is 1. The fraction of sp³-hybridized carbons (Fsp3) is 0.529. The Bertz CT molecular complexity index is 472. The number of rotatable bonds is 7. The third-order valence-electron chi connectivity index (χ3n) is 3.68. The number of aliphatic carboxylic acids is 1. The van der Waals surface area contributed by atoms with Crippen molar-refractivity contribution in [1.29, 1.82) is 0 Å². The molecule has 0 aromatic heterocycles. The Morgan fingerprint density at radius 2 is 1.70 bits per heavy atom. The highest BCUT2D eigenvalue weighted by atomic mass is 16.4. The van der Waals surface area contributed by atoms with E-state index in [-0.39, 0.29) is 18.6 Å². The van der Waals surface area contributed by atoms with Gasteiger partial charge in [0.1, 0.15) is 0 Å². The molecular weight excluding hydrogens is 252 g/mol. The van der Waals surface area contributed by atoms with E-state index in [1.807, 2.05) is 38.1 Å². The highest BCUT2D eigenvalue weighted by molar-refractivity contribution is 5.96. The summed E-state index contributed by atoms with van der Waals surface area (Å²) in [5.74, 6) is -0.371. The number of carboxylic acid groups (broad SMARTS) is 1. The number of Topliss-reactive ketones (excluding diaryl/α,β-unsaturated/α-hetero) is 1. The Balaban J connectivity index is 2.75. The van der Waals surface area contributed by atoms with Crippen LogP contribution in [0.25, 0.3) is 0 Å². The summed E-state index contributed by atoms with van der Waals surface area (Å²) in [5, 5.41) is 8.85. The molecule has 110 valence electrons. The van der Waals surface area contributed by atoms with Crippen molar-refractivity contribution in [3.05, 3.63) is 35.4 Å². The zero-order valence-electron chi connectivity index (χ0n) is 12.8. The maximum atomic E-state index is 12.2. The van der Waals surface area contributed by atoms with Crippen LogP contribution in [0.4, 0.5) is 0 Å². The molecule has 0 aliphatic rings. The quantitative estimate of drug-likeness (QED) is 0.756. The van der Waals surface area contributed by atoms with Crippen LogP contribution >= 0.6 is 0 Å². The van der Waals surface area contributed by atoms with Gasteiger partial charge in [0.05, 0.1) is 6.42 Å². The summed E-state index contributed by atoms with van der Waals surface area (Å²) in [7, 11) is 0. The van der Waals surface area contributed by atoms with E-state index in [0.29, 0.717) is 11.5 Å². The first-order valence-electron chi connectivity index (χ1n) is 7.10. The largest absolute Gasteiger partial charge is 0.481 e. The van der Waals surface area contributed by atoms with Gasteiger partial charge in [-0.3, -0.25) is 9.59 Å². The Labute approximate surface area is 121 Å². The molecule has 3 heteroatoms. The smallest absolute Gasteiger partial charge is 0.303 e. The van der Waals surface area contributed by atoms with Crippen LogP contribution in [0.15, 0.2) is 24.3 Å². The van der Waals surface area contributed by atoms with Gasteiger partial charge in [0, 0.05) is 12.0 Å². The van der Waals surface area contributed by atoms with E-state index < -0.39 is 11.4 Å². The average Bonchev–Trinajstić information content (AvgIpc) is 2.35. The molecule has 1 N–H and O–H groups in total. The lowest BCUT2D eigenvalue weighted by Gasteiger charge is -2.21. The number of ketones is 1. The normalized spacial score (nSPS) is 13.0. The van der Waals surface area contributed by atoms with Crippen LogP contribution in [0.3, 0.4) is 0 Å². The summed E-state index contributed by atoms with van der Waals surface area (Å²) < 4.78 is 0. The molecule has 0 fully saturated rings. The van der Waals surface area contributed by atoms with Crippen molar-refractivity contribution in [2.75, 3.05) is 0 Å². The zero-order valence-corrected chi connectivity index (χ0v) is 12.8. The first-order chi connectivity index (χ1) is 9.25. The van der Waals surface area contributed by atoms with Crippen LogP contribution < -0.4 is 0 Å². The van der Waals surface area contributed by atoms with Gasteiger partial charge in [0.15, 0.2) is 5.78 Å². The fourth-order valence-corrected chi connectivity index (χ4v) is 2.24. The van der Waals surface area contributed by atoms with E-state index in [4.69, 9.17) is 5.11 Å². The first kappa shape index (κ1) is 16.4.